The van der Waals surface area contributed by atoms with Crippen LogP contribution in [0.4, 0.5) is 8.78 Å². The standard InChI is InChI=1S/C18H16ClF2N3O4S/c19-12-1-4-16-17(9-12)28-18(25)24(16)11-22-5-7-23(8-6-22)29(26,27)13-2-3-14(20)15(21)10-13/h1-4,9-10H,5-8,11H2. The molecule has 2 heterocycles. The molecule has 1 aromatic heterocycles. The molecular weight excluding hydrogens is 428 g/mol. The normalized spacial score (nSPS) is 16.5. The van der Waals surface area contributed by atoms with Crippen molar-refractivity contribution < 1.29 is 21.6 Å². The molecule has 0 saturated carbocycles. The van der Waals surface area contributed by atoms with E-state index >= 15 is 0 Å². The Bertz CT molecular complexity index is 1230. The summed E-state index contributed by atoms with van der Waals surface area (Å²) >= 11 is 5.91. The fourth-order valence-corrected chi connectivity index (χ4v) is 4.87. The molecule has 1 aliphatic rings. The van der Waals surface area contributed by atoms with Crippen molar-refractivity contribution in [3.63, 3.8) is 0 Å². The number of halogens is 3. The molecule has 0 radical (unpaired) electrons. The molecule has 0 amide bonds. The maximum absolute atomic E-state index is 13.4. The second-order valence-electron chi connectivity index (χ2n) is 6.65. The first-order valence-electron chi connectivity index (χ1n) is 8.72. The lowest BCUT2D eigenvalue weighted by atomic mass is 10.3. The van der Waals surface area contributed by atoms with Crippen LogP contribution in [0.25, 0.3) is 11.1 Å². The molecule has 11 heteroatoms. The highest BCUT2D eigenvalue weighted by Gasteiger charge is 2.29. The summed E-state index contributed by atoms with van der Waals surface area (Å²) in [4.78, 5) is 13.8. The SMILES string of the molecule is O=c1oc2cc(Cl)ccc2n1CN1CCN(S(=O)(=O)c2ccc(F)c(F)c2)CC1. The predicted molar refractivity (Wildman–Crippen MR) is 102 cm³/mol. The Morgan fingerprint density at radius 3 is 2.41 bits per heavy atom. The van der Waals surface area contributed by atoms with Crippen LogP contribution in [0.1, 0.15) is 0 Å². The minimum Gasteiger partial charge on any atom is -0.408 e. The Balaban J connectivity index is 1.48. The third-order valence-electron chi connectivity index (χ3n) is 4.83. The molecule has 0 bridgehead atoms. The number of hydrogen-bond donors (Lipinski definition) is 0. The zero-order valence-electron chi connectivity index (χ0n) is 15.0. The maximum Gasteiger partial charge on any atom is 0.421 e. The van der Waals surface area contributed by atoms with Gasteiger partial charge in [0.15, 0.2) is 17.2 Å². The first-order chi connectivity index (χ1) is 13.8. The van der Waals surface area contributed by atoms with E-state index in [0.717, 1.165) is 12.1 Å². The molecule has 0 aliphatic carbocycles. The Morgan fingerprint density at radius 1 is 1.00 bits per heavy atom. The minimum absolute atomic E-state index is 0.150. The van der Waals surface area contributed by atoms with Gasteiger partial charge in [-0.3, -0.25) is 9.47 Å². The molecule has 29 heavy (non-hydrogen) atoms. The van der Waals surface area contributed by atoms with E-state index in [0.29, 0.717) is 35.3 Å². The first kappa shape index (κ1) is 20.0. The summed E-state index contributed by atoms with van der Waals surface area (Å²) in [7, 11) is -3.94. The number of oxazole rings is 1. The zero-order chi connectivity index (χ0) is 20.8. The molecule has 154 valence electrons. The first-order valence-corrected chi connectivity index (χ1v) is 10.5. The van der Waals surface area contributed by atoms with Crippen molar-refractivity contribution in [3.05, 3.63) is 63.6 Å². The quantitative estimate of drug-likeness (QED) is 0.619. The Kier molecular flexibility index (Phi) is 5.19. The van der Waals surface area contributed by atoms with Gasteiger partial charge in [-0.15, -0.1) is 0 Å². The van der Waals surface area contributed by atoms with E-state index in [1.165, 1.54) is 8.87 Å². The maximum atomic E-state index is 13.4. The average molecular weight is 444 g/mol. The molecular formula is C18H16ClF2N3O4S. The van der Waals surface area contributed by atoms with E-state index in [2.05, 4.69) is 0 Å². The third-order valence-corrected chi connectivity index (χ3v) is 6.96. The van der Waals surface area contributed by atoms with Crippen LogP contribution in [0.2, 0.25) is 5.02 Å². The van der Waals surface area contributed by atoms with Gasteiger partial charge in [-0.25, -0.2) is 22.0 Å². The number of hydrogen-bond acceptors (Lipinski definition) is 5. The fourth-order valence-electron chi connectivity index (χ4n) is 3.27. The largest absolute Gasteiger partial charge is 0.421 e. The number of fused-ring (bicyclic) bond motifs is 1. The van der Waals surface area contributed by atoms with Crippen LogP contribution in [0.15, 0.2) is 50.5 Å². The highest BCUT2D eigenvalue weighted by molar-refractivity contribution is 7.89. The van der Waals surface area contributed by atoms with E-state index in [4.69, 9.17) is 16.0 Å². The predicted octanol–water partition coefficient (Wildman–Crippen LogP) is 2.49. The second kappa shape index (κ2) is 7.52. The number of sulfonamides is 1. The van der Waals surface area contributed by atoms with Gasteiger partial charge in [0.1, 0.15) is 0 Å². The van der Waals surface area contributed by atoms with Gasteiger partial charge < -0.3 is 4.42 Å². The van der Waals surface area contributed by atoms with Crippen molar-refractivity contribution in [1.29, 1.82) is 0 Å². The van der Waals surface area contributed by atoms with Gasteiger partial charge in [0, 0.05) is 37.3 Å². The summed E-state index contributed by atoms with van der Waals surface area (Å²) in [6.07, 6.45) is 0. The van der Waals surface area contributed by atoms with Gasteiger partial charge in [0.25, 0.3) is 0 Å². The van der Waals surface area contributed by atoms with Crippen LogP contribution < -0.4 is 5.76 Å². The Labute approximate surface area is 169 Å². The monoisotopic (exact) mass is 443 g/mol. The van der Waals surface area contributed by atoms with Crippen LogP contribution in [0, 0.1) is 11.6 Å². The molecule has 0 atom stereocenters. The summed E-state index contributed by atoms with van der Waals surface area (Å²) in [5.41, 5.74) is 0.971. The van der Waals surface area contributed by atoms with E-state index in [1.54, 1.807) is 18.2 Å². The third kappa shape index (κ3) is 3.80. The van der Waals surface area contributed by atoms with Crippen LogP contribution in [-0.2, 0) is 16.7 Å². The molecule has 0 N–H and O–H groups in total. The highest BCUT2D eigenvalue weighted by atomic mass is 35.5. The van der Waals surface area contributed by atoms with Gasteiger partial charge in [0.05, 0.1) is 17.1 Å². The lowest BCUT2D eigenvalue weighted by molar-refractivity contribution is 0.150. The molecule has 3 aromatic rings. The lowest BCUT2D eigenvalue weighted by Gasteiger charge is -2.33. The molecule has 2 aromatic carbocycles. The van der Waals surface area contributed by atoms with Gasteiger partial charge >= 0.3 is 5.76 Å². The van der Waals surface area contributed by atoms with E-state index in [9.17, 15) is 22.0 Å². The molecule has 1 saturated heterocycles. The van der Waals surface area contributed by atoms with Crippen LogP contribution in [-0.4, -0.2) is 48.4 Å². The fraction of sp³-hybridized carbons (Fsp3) is 0.278. The summed E-state index contributed by atoms with van der Waals surface area (Å²) in [6.45, 7) is 1.24. The van der Waals surface area contributed by atoms with Crippen molar-refractivity contribution >= 4 is 32.7 Å². The number of aromatic nitrogens is 1. The summed E-state index contributed by atoms with van der Waals surface area (Å²) in [6, 6.07) is 7.41. The lowest BCUT2D eigenvalue weighted by Crippen LogP contribution is -2.49. The molecule has 1 fully saturated rings. The van der Waals surface area contributed by atoms with Crippen LogP contribution in [0.3, 0.4) is 0 Å². The van der Waals surface area contributed by atoms with Crippen LogP contribution >= 0.6 is 11.6 Å². The average Bonchev–Trinajstić information content (AvgIpc) is 2.98. The number of nitrogens with zero attached hydrogens (tertiary/aromatic N) is 3. The molecule has 4 rings (SSSR count). The van der Waals surface area contributed by atoms with Crippen molar-refractivity contribution in [2.75, 3.05) is 26.2 Å². The molecule has 0 spiro atoms. The smallest absolute Gasteiger partial charge is 0.408 e. The number of rotatable bonds is 4. The van der Waals surface area contributed by atoms with E-state index in [-0.39, 0.29) is 24.7 Å². The molecule has 7 nitrogen and oxygen atoms in total. The minimum atomic E-state index is -3.94. The molecule has 0 unspecified atom stereocenters. The zero-order valence-corrected chi connectivity index (χ0v) is 16.6. The van der Waals surface area contributed by atoms with Crippen molar-refractivity contribution in [2.24, 2.45) is 0 Å². The Hall–Kier alpha value is -2.27. The van der Waals surface area contributed by atoms with Crippen molar-refractivity contribution in [2.45, 2.75) is 11.6 Å². The van der Waals surface area contributed by atoms with E-state index < -0.39 is 27.4 Å². The topological polar surface area (TPSA) is 75.8 Å². The van der Waals surface area contributed by atoms with Gasteiger partial charge in [-0.2, -0.15) is 4.31 Å². The number of benzene rings is 2. The summed E-state index contributed by atoms with van der Waals surface area (Å²) < 4.78 is 59.7. The summed E-state index contributed by atoms with van der Waals surface area (Å²) in [5, 5.41) is 0.453. The summed E-state index contributed by atoms with van der Waals surface area (Å²) in [5.74, 6) is -2.84. The van der Waals surface area contributed by atoms with Crippen molar-refractivity contribution in [1.82, 2.24) is 13.8 Å². The highest BCUT2D eigenvalue weighted by Crippen LogP contribution is 2.21. The Morgan fingerprint density at radius 2 is 1.72 bits per heavy atom. The second-order valence-corrected chi connectivity index (χ2v) is 9.02. The molecule has 1 aliphatic heterocycles. The van der Waals surface area contributed by atoms with Gasteiger partial charge in [-0.1, -0.05) is 11.6 Å². The number of piperazine rings is 1. The van der Waals surface area contributed by atoms with Gasteiger partial charge in [-0.05, 0) is 30.3 Å². The van der Waals surface area contributed by atoms with Crippen molar-refractivity contribution in [3.8, 4) is 0 Å². The van der Waals surface area contributed by atoms with E-state index in [1.807, 2.05) is 4.90 Å². The van der Waals surface area contributed by atoms with Crippen LogP contribution in [0.5, 0.6) is 0 Å². The van der Waals surface area contributed by atoms with Gasteiger partial charge in [0.2, 0.25) is 10.0 Å².